The first-order valence-corrected chi connectivity index (χ1v) is 6.83. The molecule has 1 aromatic heterocycles. The third kappa shape index (κ3) is 1.54. The number of hydrogen-bond donors (Lipinski definition) is 1. The summed E-state index contributed by atoms with van der Waals surface area (Å²) in [5.74, 6) is -0.471. The summed E-state index contributed by atoms with van der Waals surface area (Å²) in [7, 11) is 3.16. The number of carbonyl (C=O) groups excluding carboxylic acids is 1. The fraction of sp³-hybridized carbons (Fsp3) is 0.571. The number of H-pyrrole nitrogens is 1. The second kappa shape index (κ2) is 3.93. The molecule has 7 heteroatoms. The van der Waals surface area contributed by atoms with Gasteiger partial charge in [0.05, 0.1) is 22.7 Å². The van der Waals surface area contributed by atoms with E-state index in [-0.39, 0.29) is 17.4 Å². The minimum atomic E-state index is -0.496. The molecule has 1 N–H and O–H groups in total. The van der Waals surface area contributed by atoms with Crippen molar-refractivity contribution in [2.45, 2.75) is 32.4 Å². The van der Waals surface area contributed by atoms with Crippen molar-refractivity contribution in [2.24, 2.45) is 18.0 Å². The number of rotatable bonds is 0. The summed E-state index contributed by atoms with van der Waals surface area (Å²) in [6.45, 7) is 5.66. The van der Waals surface area contributed by atoms with Gasteiger partial charge >= 0.3 is 5.69 Å². The first-order valence-electron chi connectivity index (χ1n) is 6.83. The molecule has 1 aromatic rings. The highest BCUT2D eigenvalue weighted by atomic mass is 16.2. The van der Waals surface area contributed by atoms with Gasteiger partial charge in [-0.2, -0.15) is 0 Å². The van der Waals surface area contributed by atoms with E-state index < -0.39 is 22.7 Å². The number of aromatic nitrogens is 2. The normalized spacial score (nSPS) is 26.4. The summed E-state index contributed by atoms with van der Waals surface area (Å²) in [6.07, 6.45) is 0. The summed E-state index contributed by atoms with van der Waals surface area (Å²) in [5, 5.41) is 0.345. The van der Waals surface area contributed by atoms with Gasteiger partial charge in [-0.15, -0.1) is 0 Å². The second-order valence-electron chi connectivity index (χ2n) is 6.30. The molecule has 0 aliphatic carbocycles. The number of carbonyl (C=O) groups is 1. The number of nitrogens with zero attached hydrogens (tertiary/aromatic N) is 3. The first kappa shape index (κ1) is 13.8. The van der Waals surface area contributed by atoms with Gasteiger partial charge in [-0.25, -0.2) is 4.79 Å². The molecule has 0 radical (unpaired) electrons. The van der Waals surface area contributed by atoms with Crippen LogP contribution in [0.3, 0.4) is 0 Å². The lowest BCUT2D eigenvalue weighted by Gasteiger charge is -2.32. The van der Waals surface area contributed by atoms with Gasteiger partial charge < -0.3 is 4.90 Å². The Morgan fingerprint density at radius 3 is 2.43 bits per heavy atom. The Hall–Kier alpha value is -2.18. The molecule has 112 valence electrons. The smallest absolute Gasteiger partial charge is 0.329 e. The van der Waals surface area contributed by atoms with E-state index in [1.54, 1.807) is 18.9 Å². The van der Waals surface area contributed by atoms with Crippen LogP contribution in [0, 0.1) is 5.92 Å². The number of amides is 1. The van der Waals surface area contributed by atoms with E-state index in [4.69, 9.17) is 0 Å². The highest BCUT2D eigenvalue weighted by Crippen LogP contribution is 2.39. The standard InChI is InChI=1S/C14H18N4O3/c1-6-7-9(14(2,3)18(5)12(7)20)15-10-8(6)11(19)17(4)13(21)16-10/h7,9H,1-5H3,(H,15,16,21). The molecule has 1 amide bonds. The van der Waals surface area contributed by atoms with E-state index in [0.29, 0.717) is 10.8 Å². The van der Waals surface area contributed by atoms with Crippen LogP contribution in [0.4, 0.5) is 0 Å². The molecule has 7 nitrogen and oxygen atoms in total. The molecule has 0 aromatic carbocycles. The molecule has 2 aliphatic rings. The average molecular weight is 290 g/mol. The lowest BCUT2D eigenvalue weighted by atomic mass is 9.84. The molecule has 0 spiro atoms. The Morgan fingerprint density at radius 2 is 1.81 bits per heavy atom. The van der Waals surface area contributed by atoms with Crippen molar-refractivity contribution in [1.29, 1.82) is 0 Å². The van der Waals surface area contributed by atoms with Gasteiger partial charge in [0, 0.05) is 14.1 Å². The maximum Gasteiger partial charge on any atom is 0.329 e. The third-order valence-corrected chi connectivity index (χ3v) is 4.91. The fourth-order valence-corrected chi connectivity index (χ4v) is 3.24. The van der Waals surface area contributed by atoms with Crippen LogP contribution in [0.15, 0.2) is 14.6 Å². The SMILES string of the molecule is CC1=c2c([nH]c(=O)n(C)c2=O)=NC2C1C(=O)N(C)C2(C)C. The quantitative estimate of drug-likeness (QED) is 0.606. The van der Waals surface area contributed by atoms with Crippen LogP contribution in [-0.4, -0.2) is 39.0 Å². The van der Waals surface area contributed by atoms with Gasteiger partial charge in [0.25, 0.3) is 5.56 Å². The topological polar surface area (TPSA) is 87.5 Å². The van der Waals surface area contributed by atoms with E-state index >= 15 is 0 Å². The summed E-state index contributed by atoms with van der Waals surface area (Å²) in [5.41, 5.74) is -0.390. The monoisotopic (exact) mass is 290 g/mol. The largest absolute Gasteiger partial charge is 0.338 e. The van der Waals surface area contributed by atoms with Gasteiger partial charge in [-0.05, 0) is 26.3 Å². The van der Waals surface area contributed by atoms with Crippen LogP contribution >= 0.6 is 0 Å². The number of likely N-dealkylation sites (tertiary alicyclic amines) is 1. The van der Waals surface area contributed by atoms with Crippen LogP contribution in [0.5, 0.6) is 0 Å². The molecule has 2 unspecified atom stereocenters. The molecule has 3 rings (SSSR count). The van der Waals surface area contributed by atoms with Crippen LogP contribution in [-0.2, 0) is 11.8 Å². The highest BCUT2D eigenvalue weighted by molar-refractivity contribution is 5.91. The zero-order valence-corrected chi connectivity index (χ0v) is 12.7. The average Bonchev–Trinajstić information content (AvgIpc) is 2.58. The van der Waals surface area contributed by atoms with Crippen molar-refractivity contribution in [3.8, 4) is 0 Å². The maximum atomic E-state index is 12.5. The molecule has 0 bridgehead atoms. The summed E-state index contributed by atoms with van der Waals surface area (Å²) < 4.78 is 1.01. The lowest BCUT2D eigenvalue weighted by Crippen LogP contribution is -2.58. The van der Waals surface area contributed by atoms with Gasteiger partial charge in [-0.1, -0.05) is 0 Å². The van der Waals surface area contributed by atoms with Crippen molar-refractivity contribution in [1.82, 2.24) is 14.5 Å². The highest BCUT2D eigenvalue weighted by Gasteiger charge is 2.53. The molecular weight excluding hydrogens is 272 g/mol. The zero-order chi connectivity index (χ0) is 15.7. The van der Waals surface area contributed by atoms with Crippen molar-refractivity contribution in [2.75, 3.05) is 7.05 Å². The van der Waals surface area contributed by atoms with Crippen LogP contribution in [0.2, 0.25) is 0 Å². The first-order chi connectivity index (χ1) is 9.67. The van der Waals surface area contributed by atoms with E-state index in [1.807, 2.05) is 13.8 Å². The van der Waals surface area contributed by atoms with Crippen LogP contribution in [0.25, 0.3) is 5.57 Å². The summed E-state index contributed by atoms with van der Waals surface area (Å²) >= 11 is 0. The van der Waals surface area contributed by atoms with Crippen molar-refractivity contribution in [3.05, 3.63) is 31.5 Å². The lowest BCUT2D eigenvalue weighted by molar-refractivity contribution is -0.130. The maximum absolute atomic E-state index is 12.5. The number of hydrogen-bond acceptors (Lipinski definition) is 4. The zero-order valence-electron chi connectivity index (χ0n) is 12.7. The number of fused-ring (bicyclic) bond motifs is 2. The Bertz CT molecular complexity index is 890. The van der Waals surface area contributed by atoms with Gasteiger partial charge in [0.1, 0.15) is 5.49 Å². The van der Waals surface area contributed by atoms with E-state index in [2.05, 4.69) is 9.98 Å². The number of nitrogens with one attached hydrogen (secondary N) is 1. The molecule has 0 saturated carbocycles. The molecule has 1 fully saturated rings. The van der Waals surface area contributed by atoms with Crippen LogP contribution in [0.1, 0.15) is 20.8 Å². The predicted octanol–water partition coefficient (Wildman–Crippen LogP) is -1.89. The Balaban J connectivity index is 2.47. The van der Waals surface area contributed by atoms with Gasteiger partial charge in [0.15, 0.2) is 0 Å². The minimum absolute atomic E-state index is 0.0369. The van der Waals surface area contributed by atoms with Gasteiger partial charge in [-0.3, -0.25) is 24.1 Å². The molecule has 3 heterocycles. The third-order valence-electron chi connectivity index (χ3n) is 4.91. The molecule has 1 saturated heterocycles. The number of likely N-dealkylation sites (N-methyl/N-ethyl adjacent to an activating group) is 1. The van der Waals surface area contributed by atoms with E-state index in [0.717, 1.165) is 4.57 Å². The van der Waals surface area contributed by atoms with Crippen LogP contribution < -0.4 is 22.0 Å². The predicted molar refractivity (Wildman–Crippen MR) is 76.3 cm³/mol. The Morgan fingerprint density at radius 1 is 1.19 bits per heavy atom. The van der Waals surface area contributed by atoms with E-state index in [1.165, 1.54) is 7.05 Å². The fourth-order valence-electron chi connectivity index (χ4n) is 3.24. The Labute approximate surface area is 120 Å². The van der Waals surface area contributed by atoms with Crippen molar-refractivity contribution in [3.63, 3.8) is 0 Å². The minimum Gasteiger partial charge on any atom is -0.338 e. The second-order valence-corrected chi connectivity index (χ2v) is 6.30. The molecule has 2 atom stereocenters. The Kier molecular flexibility index (Phi) is 2.58. The van der Waals surface area contributed by atoms with Gasteiger partial charge in [0.2, 0.25) is 5.91 Å². The molecular formula is C14H18N4O3. The van der Waals surface area contributed by atoms with E-state index in [9.17, 15) is 14.4 Å². The summed E-state index contributed by atoms with van der Waals surface area (Å²) in [6, 6.07) is -0.301. The molecule has 2 aliphatic heterocycles. The number of aromatic amines is 1. The van der Waals surface area contributed by atoms with Crippen molar-refractivity contribution < 1.29 is 4.79 Å². The molecule has 21 heavy (non-hydrogen) atoms. The van der Waals surface area contributed by atoms with Crippen molar-refractivity contribution >= 4 is 11.5 Å². The summed E-state index contributed by atoms with van der Waals surface area (Å²) in [4.78, 5) is 45.4.